The SMILES string of the molecule is N#Cc1cn(-c2ncc(CN3CCNCC3)cn2)nc1OC(F)F. The molecule has 2 aromatic rings. The molecule has 1 aliphatic heterocycles. The van der Waals surface area contributed by atoms with Gasteiger partial charge in [0.1, 0.15) is 11.6 Å². The van der Waals surface area contributed by atoms with Gasteiger partial charge in [0.2, 0.25) is 0 Å². The maximum Gasteiger partial charge on any atom is 0.388 e. The standard InChI is InChI=1S/C14H15F2N7O/c15-13(16)24-12-11(5-17)9-23(21-12)14-19-6-10(7-20-14)8-22-3-1-18-2-4-22/h6-7,9,13,18H,1-4,8H2. The third-order valence-electron chi connectivity index (χ3n) is 3.51. The zero-order valence-corrected chi connectivity index (χ0v) is 12.7. The van der Waals surface area contributed by atoms with E-state index in [0.29, 0.717) is 0 Å². The summed E-state index contributed by atoms with van der Waals surface area (Å²) in [6.07, 6.45) is 4.57. The number of hydrogen-bond acceptors (Lipinski definition) is 7. The van der Waals surface area contributed by atoms with Crippen molar-refractivity contribution in [2.45, 2.75) is 13.2 Å². The zero-order chi connectivity index (χ0) is 16.9. The summed E-state index contributed by atoms with van der Waals surface area (Å²) in [5.41, 5.74) is 0.834. The molecule has 1 fully saturated rings. The van der Waals surface area contributed by atoms with Crippen LogP contribution in [0.15, 0.2) is 18.6 Å². The van der Waals surface area contributed by atoms with E-state index in [9.17, 15) is 8.78 Å². The van der Waals surface area contributed by atoms with Crippen molar-refractivity contribution >= 4 is 0 Å². The summed E-state index contributed by atoms with van der Waals surface area (Å²) in [5, 5.41) is 16.0. The van der Waals surface area contributed by atoms with E-state index in [0.717, 1.165) is 43.0 Å². The van der Waals surface area contributed by atoms with E-state index in [-0.39, 0.29) is 11.5 Å². The van der Waals surface area contributed by atoms with Crippen LogP contribution in [0.25, 0.3) is 5.95 Å². The first-order valence-corrected chi connectivity index (χ1v) is 7.34. The zero-order valence-electron chi connectivity index (χ0n) is 12.7. The van der Waals surface area contributed by atoms with Gasteiger partial charge in [0.15, 0.2) is 0 Å². The highest BCUT2D eigenvalue weighted by molar-refractivity contribution is 5.37. The van der Waals surface area contributed by atoms with Crippen LogP contribution in [0.3, 0.4) is 0 Å². The Morgan fingerprint density at radius 3 is 2.62 bits per heavy atom. The number of aromatic nitrogens is 4. The molecule has 0 saturated carbocycles. The van der Waals surface area contributed by atoms with Crippen molar-refractivity contribution in [3.8, 4) is 17.9 Å². The highest BCUT2D eigenvalue weighted by Gasteiger charge is 2.16. The second-order valence-corrected chi connectivity index (χ2v) is 5.20. The predicted molar refractivity (Wildman–Crippen MR) is 78.6 cm³/mol. The third-order valence-corrected chi connectivity index (χ3v) is 3.51. The average molecular weight is 335 g/mol. The lowest BCUT2D eigenvalue weighted by Crippen LogP contribution is -2.42. The quantitative estimate of drug-likeness (QED) is 0.852. The number of ether oxygens (including phenoxy) is 1. The molecule has 0 aliphatic carbocycles. The summed E-state index contributed by atoms with van der Waals surface area (Å²) in [7, 11) is 0. The van der Waals surface area contributed by atoms with E-state index in [1.54, 1.807) is 18.5 Å². The van der Waals surface area contributed by atoms with Crippen LogP contribution in [-0.2, 0) is 6.54 Å². The molecule has 1 N–H and O–H groups in total. The van der Waals surface area contributed by atoms with Gasteiger partial charge in [-0.2, -0.15) is 14.0 Å². The molecular weight excluding hydrogens is 320 g/mol. The molecule has 0 radical (unpaired) electrons. The van der Waals surface area contributed by atoms with E-state index in [4.69, 9.17) is 5.26 Å². The number of alkyl halides is 2. The Balaban J connectivity index is 1.73. The van der Waals surface area contributed by atoms with Gasteiger partial charge in [0.05, 0.1) is 6.20 Å². The van der Waals surface area contributed by atoms with Crippen LogP contribution in [0.1, 0.15) is 11.1 Å². The Kier molecular flexibility index (Phi) is 4.93. The topological polar surface area (TPSA) is 91.9 Å². The number of nitriles is 1. The molecule has 0 spiro atoms. The smallest absolute Gasteiger partial charge is 0.388 e. The third kappa shape index (κ3) is 3.81. The van der Waals surface area contributed by atoms with Crippen molar-refractivity contribution in [3.63, 3.8) is 0 Å². The van der Waals surface area contributed by atoms with Crippen molar-refractivity contribution in [1.29, 1.82) is 5.26 Å². The first-order valence-electron chi connectivity index (χ1n) is 7.34. The lowest BCUT2D eigenvalue weighted by atomic mass is 10.3. The summed E-state index contributed by atoms with van der Waals surface area (Å²) in [4.78, 5) is 10.6. The maximum absolute atomic E-state index is 12.3. The van der Waals surface area contributed by atoms with Crippen LogP contribution in [0.5, 0.6) is 5.88 Å². The molecule has 1 saturated heterocycles. The maximum atomic E-state index is 12.3. The van der Waals surface area contributed by atoms with E-state index < -0.39 is 12.5 Å². The molecule has 24 heavy (non-hydrogen) atoms. The van der Waals surface area contributed by atoms with E-state index >= 15 is 0 Å². The van der Waals surface area contributed by atoms with Gasteiger partial charge in [-0.3, -0.25) is 4.90 Å². The van der Waals surface area contributed by atoms with Crippen LogP contribution >= 0.6 is 0 Å². The first-order chi connectivity index (χ1) is 11.7. The van der Waals surface area contributed by atoms with Gasteiger partial charge in [0, 0.05) is 50.7 Å². The highest BCUT2D eigenvalue weighted by Crippen LogP contribution is 2.18. The minimum atomic E-state index is -3.05. The van der Waals surface area contributed by atoms with E-state index in [1.807, 2.05) is 0 Å². The van der Waals surface area contributed by atoms with Gasteiger partial charge in [-0.05, 0) is 0 Å². The number of piperazine rings is 1. The van der Waals surface area contributed by atoms with Gasteiger partial charge in [-0.15, -0.1) is 5.10 Å². The Labute approximate surface area is 136 Å². The largest absolute Gasteiger partial charge is 0.414 e. The molecule has 0 unspecified atom stereocenters. The lowest BCUT2D eigenvalue weighted by Gasteiger charge is -2.26. The van der Waals surface area contributed by atoms with Crippen LogP contribution in [0.2, 0.25) is 0 Å². The van der Waals surface area contributed by atoms with Crippen molar-refractivity contribution in [2.24, 2.45) is 0 Å². The molecule has 0 amide bonds. The monoisotopic (exact) mass is 335 g/mol. The van der Waals surface area contributed by atoms with E-state index in [1.165, 1.54) is 6.20 Å². The molecule has 3 heterocycles. The number of nitrogens with one attached hydrogen (secondary N) is 1. The Hall–Kier alpha value is -2.64. The molecule has 0 aromatic carbocycles. The second kappa shape index (κ2) is 7.29. The fourth-order valence-electron chi connectivity index (χ4n) is 2.38. The Morgan fingerprint density at radius 2 is 2.00 bits per heavy atom. The summed E-state index contributed by atoms with van der Waals surface area (Å²) >= 11 is 0. The summed E-state index contributed by atoms with van der Waals surface area (Å²) < 4.78 is 30.0. The van der Waals surface area contributed by atoms with Crippen molar-refractivity contribution in [2.75, 3.05) is 26.2 Å². The minimum absolute atomic E-state index is 0.108. The van der Waals surface area contributed by atoms with E-state index in [2.05, 4.69) is 30.0 Å². The molecule has 2 aromatic heterocycles. The minimum Gasteiger partial charge on any atom is -0.414 e. The predicted octanol–water partition coefficient (Wildman–Crippen LogP) is 0.541. The fourth-order valence-corrected chi connectivity index (χ4v) is 2.38. The molecule has 10 heteroatoms. The van der Waals surface area contributed by atoms with Crippen LogP contribution in [0.4, 0.5) is 8.78 Å². The number of halogens is 2. The highest BCUT2D eigenvalue weighted by atomic mass is 19.3. The Morgan fingerprint density at radius 1 is 1.29 bits per heavy atom. The molecule has 0 bridgehead atoms. The van der Waals surface area contributed by atoms with Crippen LogP contribution in [0, 0.1) is 11.3 Å². The molecule has 0 atom stereocenters. The molecular formula is C14H15F2N7O. The summed E-state index contributed by atoms with van der Waals surface area (Å²) in [6, 6.07) is 1.75. The van der Waals surface area contributed by atoms with Crippen molar-refractivity contribution in [3.05, 3.63) is 29.7 Å². The number of hydrogen-bond donors (Lipinski definition) is 1. The molecule has 3 rings (SSSR count). The normalized spacial score (nSPS) is 15.4. The molecule has 1 aliphatic rings. The lowest BCUT2D eigenvalue weighted by molar-refractivity contribution is -0.0532. The molecule has 8 nitrogen and oxygen atoms in total. The number of nitrogens with zero attached hydrogens (tertiary/aromatic N) is 6. The number of rotatable bonds is 5. The first kappa shape index (κ1) is 16.2. The van der Waals surface area contributed by atoms with Gasteiger partial charge in [-0.1, -0.05) is 0 Å². The van der Waals surface area contributed by atoms with Gasteiger partial charge >= 0.3 is 6.61 Å². The second-order valence-electron chi connectivity index (χ2n) is 5.20. The summed E-state index contributed by atoms with van der Waals surface area (Å²) in [6.45, 7) is 1.51. The van der Waals surface area contributed by atoms with Gasteiger partial charge in [-0.25, -0.2) is 14.6 Å². The molecule has 126 valence electrons. The van der Waals surface area contributed by atoms with Gasteiger partial charge < -0.3 is 10.1 Å². The van der Waals surface area contributed by atoms with Crippen LogP contribution < -0.4 is 10.1 Å². The van der Waals surface area contributed by atoms with Crippen LogP contribution in [-0.4, -0.2) is 57.4 Å². The van der Waals surface area contributed by atoms with Crippen molar-refractivity contribution < 1.29 is 13.5 Å². The Bertz CT molecular complexity index is 720. The van der Waals surface area contributed by atoms with Crippen molar-refractivity contribution in [1.82, 2.24) is 30.0 Å². The average Bonchev–Trinajstić information content (AvgIpc) is 2.98. The van der Waals surface area contributed by atoms with Gasteiger partial charge in [0.25, 0.3) is 11.8 Å². The fraction of sp³-hybridized carbons (Fsp3) is 0.429. The summed E-state index contributed by atoms with van der Waals surface area (Å²) in [5.74, 6) is -0.263.